The summed E-state index contributed by atoms with van der Waals surface area (Å²) in [6.45, 7) is 0.413. The quantitative estimate of drug-likeness (QED) is 0.783. The molecule has 0 aliphatic heterocycles. The molecule has 0 atom stereocenters. The molecule has 3 rings (SSSR count). The van der Waals surface area contributed by atoms with Crippen molar-refractivity contribution in [3.05, 3.63) is 66.1 Å². The molecule has 24 heavy (non-hydrogen) atoms. The molecule has 1 N–H and O–H groups in total. The molecule has 0 fully saturated rings. The van der Waals surface area contributed by atoms with E-state index < -0.39 is 0 Å². The van der Waals surface area contributed by atoms with Gasteiger partial charge in [-0.15, -0.1) is 0 Å². The highest BCUT2D eigenvalue weighted by molar-refractivity contribution is 5.94. The largest absolute Gasteiger partial charge is 0.497 e. The number of hydrogen-bond acceptors (Lipinski definition) is 4. The van der Waals surface area contributed by atoms with Gasteiger partial charge >= 0.3 is 0 Å². The number of aromatic nitrogens is 3. The predicted molar refractivity (Wildman–Crippen MR) is 90.6 cm³/mol. The van der Waals surface area contributed by atoms with Crippen molar-refractivity contribution >= 4 is 5.91 Å². The molecule has 0 radical (unpaired) electrons. The molecule has 0 aliphatic rings. The molecule has 3 aromatic rings. The summed E-state index contributed by atoms with van der Waals surface area (Å²) >= 11 is 0. The standard InChI is InChI=1S/C18H18N4O2/c1-22-12-15(11-21-22)17-7-6-13(9-19-17)10-20-18(23)14-4-3-5-16(8-14)24-2/h3-9,11-12H,10H2,1-2H3,(H,20,23). The molecule has 6 nitrogen and oxygen atoms in total. The molecule has 0 bridgehead atoms. The normalized spacial score (nSPS) is 10.4. The molecule has 1 aromatic carbocycles. The van der Waals surface area contributed by atoms with E-state index in [1.807, 2.05) is 25.4 Å². The molecule has 0 unspecified atom stereocenters. The van der Waals surface area contributed by atoms with Gasteiger partial charge in [-0.1, -0.05) is 12.1 Å². The highest BCUT2D eigenvalue weighted by Crippen LogP contribution is 2.16. The molecule has 1 amide bonds. The average Bonchev–Trinajstić information content (AvgIpc) is 3.06. The number of ether oxygens (including phenoxy) is 1. The summed E-state index contributed by atoms with van der Waals surface area (Å²) in [7, 11) is 3.44. The van der Waals surface area contributed by atoms with Crippen LogP contribution in [0.25, 0.3) is 11.3 Å². The molecule has 2 aromatic heterocycles. The number of methoxy groups -OCH3 is 1. The van der Waals surface area contributed by atoms with Crippen molar-refractivity contribution in [3.8, 4) is 17.0 Å². The Hall–Kier alpha value is -3.15. The van der Waals surface area contributed by atoms with Gasteiger partial charge in [-0.25, -0.2) is 0 Å². The van der Waals surface area contributed by atoms with E-state index in [4.69, 9.17) is 4.74 Å². The molecule has 0 saturated heterocycles. The van der Waals surface area contributed by atoms with Gasteiger partial charge < -0.3 is 10.1 Å². The van der Waals surface area contributed by atoms with Crippen LogP contribution in [0.15, 0.2) is 55.0 Å². The van der Waals surface area contributed by atoms with Gasteiger partial charge in [-0.2, -0.15) is 5.10 Å². The number of rotatable bonds is 5. The van der Waals surface area contributed by atoms with E-state index in [0.29, 0.717) is 17.9 Å². The Labute approximate surface area is 140 Å². The Morgan fingerprint density at radius 1 is 1.25 bits per heavy atom. The summed E-state index contributed by atoms with van der Waals surface area (Å²) in [5.74, 6) is 0.510. The first-order chi connectivity index (χ1) is 11.7. The molecule has 6 heteroatoms. The summed E-state index contributed by atoms with van der Waals surface area (Å²) in [4.78, 5) is 16.6. The molecule has 0 aliphatic carbocycles. The Bertz CT molecular complexity index is 840. The fourth-order valence-electron chi connectivity index (χ4n) is 2.30. The van der Waals surface area contributed by atoms with E-state index >= 15 is 0 Å². The zero-order valence-corrected chi connectivity index (χ0v) is 13.6. The van der Waals surface area contributed by atoms with E-state index in [1.165, 1.54) is 0 Å². The molecule has 0 spiro atoms. The fraction of sp³-hybridized carbons (Fsp3) is 0.167. The van der Waals surface area contributed by atoms with Gasteiger partial charge in [0.25, 0.3) is 5.91 Å². The van der Waals surface area contributed by atoms with Gasteiger partial charge in [0.05, 0.1) is 19.0 Å². The first-order valence-electron chi connectivity index (χ1n) is 7.52. The Balaban J connectivity index is 1.63. The smallest absolute Gasteiger partial charge is 0.251 e. The molecular formula is C18H18N4O2. The third-order valence-electron chi connectivity index (χ3n) is 3.61. The number of aryl methyl sites for hydroxylation is 1. The predicted octanol–water partition coefficient (Wildman–Crippen LogP) is 2.42. The summed E-state index contributed by atoms with van der Waals surface area (Å²) in [6.07, 6.45) is 5.44. The highest BCUT2D eigenvalue weighted by atomic mass is 16.5. The van der Waals surface area contributed by atoms with Crippen molar-refractivity contribution in [2.45, 2.75) is 6.54 Å². The van der Waals surface area contributed by atoms with Gasteiger partial charge in [0.15, 0.2) is 0 Å². The van der Waals surface area contributed by atoms with Crippen LogP contribution in [0.5, 0.6) is 5.75 Å². The minimum absolute atomic E-state index is 0.148. The van der Waals surface area contributed by atoms with Crippen LogP contribution in [0.1, 0.15) is 15.9 Å². The van der Waals surface area contributed by atoms with Crippen molar-refractivity contribution < 1.29 is 9.53 Å². The number of carbonyl (C=O) groups excluding carboxylic acids is 1. The average molecular weight is 322 g/mol. The van der Waals surface area contributed by atoms with Crippen LogP contribution in [0.4, 0.5) is 0 Å². The van der Waals surface area contributed by atoms with Crippen LogP contribution in [-0.2, 0) is 13.6 Å². The van der Waals surface area contributed by atoms with E-state index in [2.05, 4.69) is 15.4 Å². The second-order valence-corrected chi connectivity index (χ2v) is 5.37. The molecule has 122 valence electrons. The highest BCUT2D eigenvalue weighted by Gasteiger charge is 2.07. The lowest BCUT2D eigenvalue weighted by Crippen LogP contribution is -2.22. The number of hydrogen-bond donors (Lipinski definition) is 1. The second-order valence-electron chi connectivity index (χ2n) is 5.37. The first kappa shape index (κ1) is 15.7. The summed E-state index contributed by atoms with van der Waals surface area (Å²) in [5.41, 5.74) is 3.31. The topological polar surface area (TPSA) is 69.0 Å². The number of carbonyl (C=O) groups is 1. The maximum Gasteiger partial charge on any atom is 0.251 e. The lowest BCUT2D eigenvalue weighted by atomic mass is 10.2. The molecular weight excluding hydrogens is 304 g/mol. The monoisotopic (exact) mass is 322 g/mol. The van der Waals surface area contributed by atoms with Crippen LogP contribution in [0, 0.1) is 0 Å². The van der Waals surface area contributed by atoms with Crippen molar-refractivity contribution in [1.82, 2.24) is 20.1 Å². The maximum absolute atomic E-state index is 12.2. The SMILES string of the molecule is COc1cccc(C(=O)NCc2ccc(-c3cnn(C)c3)nc2)c1. The third-order valence-corrected chi connectivity index (χ3v) is 3.61. The van der Waals surface area contributed by atoms with Crippen LogP contribution in [-0.4, -0.2) is 27.8 Å². The lowest BCUT2D eigenvalue weighted by molar-refractivity contribution is 0.0950. The molecule has 0 saturated carbocycles. The lowest BCUT2D eigenvalue weighted by Gasteiger charge is -2.07. The Morgan fingerprint density at radius 2 is 2.12 bits per heavy atom. The number of benzene rings is 1. The van der Waals surface area contributed by atoms with Crippen LogP contribution in [0.2, 0.25) is 0 Å². The Kier molecular flexibility index (Phi) is 4.56. The van der Waals surface area contributed by atoms with Crippen molar-refractivity contribution in [2.75, 3.05) is 7.11 Å². The van der Waals surface area contributed by atoms with Crippen LogP contribution >= 0.6 is 0 Å². The summed E-state index contributed by atoms with van der Waals surface area (Å²) in [5, 5.41) is 7.01. The van der Waals surface area contributed by atoms with Gasteiger partial charge in [-0.05, 0) is 29.8 Å². The van der Waals surface area contributed by atoms with Gasteiger partial charge in [0.2, 0.25) is 0 Å². The van der Waals surface area contributed by atoms with Crippen molar-refractivity contribution in [2.24, 2.45) is 7.05 Å². The number of pyridine rings is 1. The van der Waals surface area contributed by atoms with Crippen LogP contribution < -0.4 is 10.1 Å². The van der Waals surface area contributed by atoms with Gasteiger partial charge in [-0.3, -0.25) is 14.5 Å². The first-order valence-corrected chi connectivity index (χ1v) is 7.52. The fourth-order valence-corrected chi connectivity index (χ4v) is 2.30. The summed E-state index contributed by atoms with van der Waals surface area (Å²) in [6, 6.07) is 10.9. The maximum atomic E-state index is 12.2. The minimum atomic E-state index is -0.148. The summed E-state index contributed by atoms with van der Waals surface area (Å²) < 4.78 is 6.86. The van der Waals surface area contributed by atoms with E-state index in [9.17, 15) is 4.79 Å². The number of amides is 1. The second kappa shape index (κ2) is 6.95. The van der Waals surface area contributed by atoms with Gasteiger partial charge in [0.1, 0.15) is 5.75 Å². The van der Waals surface area contributed by atoms with E-state index in [1.54, 1.807) is 48.5 Å². The zero-order valence-electron chi connectivity index (χ0n) is 13.6. The van der Waals surface area contributed by atoms with Gasteiger partial charge in [0, 0.05) is 37.1 Å². The van der Waals surface area contributed by atoms with Crippen LogP contribution in [0.3, 0.4) is 0 Å². The minimum Gasteiger partial charge on any atom is -0.497 e. The number of nitrogens with one attached hydrogen (secondary N) is 1. The van der Waals surface area contributed by atoms with E-state index in [-0.39, 0.29) is 5.91 Å². The zero-order chi connectivity index (χ0) is 16.9. The molecule has 2 heterocycles. The van der Waals surface area contributed by atoms with Crippen molar-refractivity contribution in [3.63, 3.8) is 0 Å². The van der Waals surface area contributed by atoms with Crippen molar-refractivity contribution in [1.29, 1.82) is 0 Å². The number of nitrogens with zero attached hydrogens (tertiary/aromatic N) is 3. The van der Waals surface area contributed by atoms with E-state index in [0.717, 1.165) is 16.8 Å². The Morgan fingerprint density at radius 3 is 2.79 bits per heavy atom. The third kappa shape index (κ3) is 3.60.